The molecule has 0 aromatic heterocycles. The number of carbonyl (C=O) groups is 3. The highest BCUT2D eigenvalue weighted by atomic mass is 16.2. The van der Waals surface area contributed by atoms with Crippen molar-refractivity contribution in [3.8, 4) is 0 Å². The lowest BCUT2D eigenvalue weighted by Crippen LogP contribution is -2.31. The summed E-state index contributed by atoms with van der Waals surface area (Å²) < 4.78 is 0. The number of ketones is 3. The quantitative estimate of drug-likeness (QED) is 0.491. The molecule has 0 unspecified atom stereocenters. The molecule has 76 valence electrons. The summed E-state index contributed by atoms with van der Waals surface area (Å²) in [7, 11) is 0. The molecule has 0 heterocycles. The Morgan fingerprint density at radius 2 is 1.50 bits per heavy atom. The zero-order valence-electron chi connectivity index (χ0n) is 8.12. The second kappa shape index (κ2) is 3.64. The zero-order chi connectivity index (χ0) is 10.1. The molecule has 2 rings (SSSR count). The smallest absolute Gasteiger partial charge is 0.153 e. The Kier molecular flexibility index (Phi) is 2.48. The van der Waals surface area contributed by atoms with Crippen LogP contribution in [0.25, 0.3) is 0 Å². The molecule has 0 N–H and O–H groups in total. The Labute approximate surface area is 82.9 Å². The summed E-state index contributed by atoms with van der Waals surface area (Å²) in [5, 5.41) is 0. The van der Waals surface area contributed by atoms with E-state index in [1.165, 1.54) is 0 Å². The summed E-state index contributed by atoms with van der Waals surface area (Å²) in [6, 6.07) is 0. The Balaban J connectivity index is 2.14. The fourth-order valence-electron chi connectivity index (χ4n) is 1.99. The van der Waals surface area contributed by atoms with Crippen molar-refractivity contribution in [1.82, 2.24) is 0 Å². The predicted molar refractivity (Wildman–Crippen MR) is 49.7 cm³/mol. The first-order valence-electron chi connectivity index (χ1n) is 5.29. The number of hydrogen-bond acceptors (Lipinski definition) is 3. The molecule has 2 fully saturated rings. The van der Waals surface area contributed by atoms with Gasteiger partial charge in [-0.3, -0.25) is 14.4 Å². The van der Waals surface area contributed by atoms with Crippen molar-refractivity contribution in [2.45, 2.75) is 38.5 Å². The van der Waals surface area contributed by atoms with Crippen LogP contribution in [-0.2, 0) is 14.4 Å². The molecular formula is C11H14O3. The molecule has 0 aliphatic heterocycles. The van der Waals surface area contributed by atoms with Gasteiger partial charge in [-0.25, -0.2) is 0 Å². The minimum atomic E-state index is -0.884. The van der Waals surface area contributed by atoms with Gasteiger partial charge in [0.25, 0.3) is 0 Å². The van der Waals surface area contributed by atoms with Crippen molar-refractivity contribution in [1.29, 1.82) is 0 Å². The first-order valence-corrected chi connectivity index (χ1v) is 5.29. The summed E-state index contributed by atoms with van der Waals surface area (Å²) in [4.78, 5) is 34.8. The zero-order valence-corrected chi connectivity index (χ0v) is 8.12. The third-order valence-corrected chi connectivity index (χ3v) is 3.00. The molecule has 0 aromatic rings. The van der Waals surface area contributed by atoms with Gasteiger partial charge < -0.3 is 0 Å². The third kappa shape index (κ3) is 1.76. The van der Waals surface area contributed by atoms with Gasteiger partial charge in [0.1, 0.15) is 5.92 Å². The van der Waals surface area contributed by atoms with Crippen LogP contribution in [0.4, 0.5) is 0 Å². The molecule has 14 heavy (non-hydrogen) atoms. The largest absolute Gasteiger partial charge is 0.298 e. The number of Topliss-reactive ketones (excluding diaryl/α,β-unsaturated/α-hetero) is 3. The summed E-state index contributed by atoms with van der Waals surface area (Å²) in [5.41, 5.74) is 0. The fraction of sp³-hybridized carbons (Fsp3) is 0.727. The lowest BCUT2D eigenvalue weighted by atomic mass is 9.90. The highest BCUT2D eigenvalue weighted by Gasteiger charge is 2.41. The lowest BCUT2D eigenvalue weighted by molar-refractivity contribution is -0.139. The highest BCUT2D eigenvalue weighted by molar-refractivity contribution is 6.20. The van der Waals surface area contributed by atoms with Crippen LogP contribution in [-0.4, -0.2) is 17.3 Å². The third-order valence-electron chi connectivity index (χ3n) is 3.00. The summed E-state index contributed by atoms with van der Waals surface area (Å²) >= 11 is 0. The van der Waals surface area contributed by atoms with E-state index in [0.717, 1.165) is 25.7 Å². The van der Waals surface area contributed by atoms with E-state index in [4.69, 9.17) is 0 Å². The average molecular weight is 194 g/mol. The highest BCUT2D eigenvalue weighted by Crippen LogP contribution is 2.34. The van der Waals surface area contributed by atoms with Gasteiger partial charge in [-0.15, -0.1) is 0 Å². The molecule has 0 atom stereocenters. The fourth-order valence-corrected chi connectivity index (χ4v) is 1.99. The first-order chi connectivity index (χ1) is 6.70. The summed E-state index contributed by atoms with van der Waals surface area (Å²) in [5.74, 6) is -1.23. The van der Waals surface area contributed by atoms with Crippen LogP contribution >= 0.6 is 0 Å². The van der Waals surface area contributed by atoms with Crippen molar-refractivity contribution in [3.63, 3.8) is 0 Å². The van der Waals surface area contributed by atoms with Crippen LogP contribution in [0.15, 0.2) is 0 Å². The Bertz CT molecular complexity index is 271. The second-order valence-electron chi connectivity index (χ2n) is 4.25. The topological polar surface area (TPSA) is 51.2 Å². The average Bonchev–Trinajstić information content (AvgIpc) is 2.93. The predicted octanol–water partition coefficient (Wildman–Crippen LogP) is 1.29. The van der Waals surface area contributed by atoms with E-state index in [1.807, 2.05) is 0 Å². The number of rotatable bonds is 2. The van der Waals surface area contributed by atoms with E-state index in [1.54, 1.807) is 0 Å². The van der Waals surface area contributed by atoms with E-state index in [-0.39, 0.29) is 23.3 Å². The second-order valence-corrected chi connectivity index (χ2v) is 4.25. The van der Waals surface area contributed by atoms with Crippen LogP contribution in [0.1, 0.15) is 38.5 Å². The molecule has 0 amide bonds. The van der Waals surface area contributed by atoms with E-state index in [0.29, 0.717) is 12.8 Å². The summed E-state index contributed by atoms with van der Waals surface area (Å²) in [6.45, 7) is 0. The van der Waals surface area contributed by atoms with Crippen LogP contribution < -0.4 is 0 Å². The van der Waals surface area contributed by atoms with Gasteiger partial charge in [0, 0.05) is 18.8 Å². The molecule has 3 heteroatoms. The van der Waals surface area contributed by atoms with Crippen molar-refractivity contribution in [2.24, 2.45) is 11.8 Å². The maximum Gasteiger partial charge on any atom is 0.153 e. The van der Waals surface area contributed by atoms with Crippen molar-refractivity contribution < 1.29 is 14.4 Å². The maximum atomic E-state index is 11.7. The van der Waals surface area contributed by atoms with Gasteiger partial charge in [0.15, 0.2) is 17.3 Å². The van der Waals surface area contributed by atoms with Crippen LogP contribution in [0.5, 0.6) is 0 Å². The Morgan fingerprint density at radius 1 is 1.00 bits per heavy atom. The maximum absolute atomic E-state index is 11.7. The Hall–Kier alpha value is -0.990. The van der Waals surface area contributed by atoms with Gasteiger partial charge in [0.05, 0.1) is 0 Å². The molecule has 0 bridgehead atoms. The summed E-state index contributed by atoms with van der Waals surface area (Å²) in [6.07, 6.45) is 4.09. The molecular weight excluding hydrogens is 180 g/mol. The Morgan fingerprint density at radius 3 is 1.93 bits per heavy atom. The van der Waals surface area contributed by atoms with Crippen molar-refractivity contribution in [2.75, 3.05) is 0 Å². The van der Waals surface area contributed by atoms with E-state index >= 15 is 0 Å². The first kappa shape index (κ1) is 9.56. The van der Waals surface area contributed by atoms with Crippen molar-refractivity contribution in [3.05, 3.63) is 0 Å². The molecule has 2 aliphatic carbocycles. The normalized spacial score (nSPS) is 24.9. The van der Waals surface area contributed by atoms with Gasteiger partial charge in [-0.05, 0) is 25.7 Å². The lowest BCUT2D eigenvalue weighted by Gasteiger charge is -2.09. The number of carbonyl (C=O) groups excluding carboxylic acids is 3. The molecule has 0 radical (unpaired) electrons. The van der Waals surface area contributed by atoms with E-state index in [9.17, 15) is 14.4 Å². The minimum Gasteiger partial charge on any atom is -0.298 e. The van der Waals surface area contributed by atoms with Crippen LogP contribution in [0, 0.1) is 11.8 Å². The molecule has 0 saturated heterocycles. The molecule has 2 aliphatic rings. The monoisotopic (exact) mass is 194 g/mol. The van der Waals surface area contributed by atoms with Gasteiger partial charge in [-0.2, -0.15) is 0 Å². The standard InChI is InChI=1S/C11H14O3/c12-8-3-1-2-4-9(13)10(8)11(14)7-5-6-7/h7,10H,1-6H2. The molecule has 0 spiro atoms. The van der Waals surface area contributed by atoms with E-state index in [2.05, 4.69) is 0 Å². The van der Waals surface area contributed by atoms with Crippen LogP contribution in [0.2, 0.25) is 0 Å². The van der Waals surface area contributed by atoms with E-state index < -0.39 is 5.92 Å². The minimum absolute atomic E-state index is 0.0194. The molecule has 2 saturated carbocycles. The molecule has 3 nitrogen and oxygen atoms in total. The van der Waals surface area contributed by atoms with Gasteiger partial charge in [-0.1, -0.05) is 0 Å². The SMILES string of the molecule is O=C1CCCCC(=O)C1C(=O)C1CC1. The molecule has 0 aromatic carbocycles. The van der Waals surface area contributed by atoms with Gasteiger partial charge >= 0.3 is 0 Å². The number of hydrogen-bond donors (Lipinski definition) is 0. The van der Waals surface area contributed by atoms with Crippen LogP contribution in [0.3, 0.4) is 0 Å². The van der Waals surface area contributed by atoms with Crippen molar-refractivity contribution >= 4 is 17.3 Å². The van der Waals surface area contributed by atoms with Gasteiger partial charge in [0.2, 0.25) is 0 Å².